The molecule has 1 aromatic carbocycles. The SMILES string of the molecule is O=C(O)CSc1nc2ccccc2n1CCCC1CC1. The van der Waals surface area contributed by atoms with Crippen molar-refractivity contribution in [3.05, 3.63) is 24.3 Å². The highest BCUT2D eigenvalue weighted by Gasteiger charge is 2.20. The Morgan fingerprint density at radius 2 is 2.20 bits per heavy atom. The Morgan fingerprint density at radius 3 is 2.95 bits per heavy atom. The first-order valence-corrected chi connectivity index (χ1v) is 8.02. The van der Waals surface area contributed by atoms with Gasteiger partial charge in [0.25, 0.3) is 0 Å². The van der Waals surface area contributed by atoms with Crippen LogP contribution < -0.4 is 0 Å². The molecule has 0 saturated heterocycles. The maximum absolute atomic E-state index is 10.8. The molecule has 0 spiro atoms. The minimum absolute atomic E-state index is 0.0615. The third-order valence-electron chi connectivity index (χ3n) is 3.64. The monoisotopic (exact) mass is 290 g/mol. The van der Waals surface area contributed by atoms with E-state index in [1.165, 1.54) is 31.0 Å². The summed E-state index contributed by atoms with van der Waals surface area (Å²) in [7, 11) is 0. The van der Waals surface area contributed by atoms with Crippen molar-refractivity contribution in [1.82, 2.24) is 9.55 Å². The number of nitrogens with zero attached hydrogens (tertiary/aromatic N) is 2. The number of benzene rings is 1. The zero-order valence-electron chi connectivity index (χ0n) is 11.3. The van der Waals surface area contributed by atoms with Gasteiger partial charge in [0.1, 0.15) is 0 Å². The molecule has 2 aromatic rings. The first-order valence-electron chi connectivity index (χ1n) is 7.04. The van der Waals surface area contributed by atoms with Gasteiger partial charge in [-0.15, -0.1) is 0 Å². The van der Waals surface area contributed by atoms with Gasteiger partial charge in [-0.3, -0.25) is 4.79 Å². The molecule has 1 aliphatic carbocycles. The molecule has 0 unspecified atom stereocenters. The molecule has 1 heterocycles. The number of aryl methyl sites for hydroxylation is 1. The second kappa shape index (κ2) is 5.87. The van der Waals surface area contributed by atoms with Crippen molar-refractivity contribution in [2.75, 3.05) is 5.75 Å². The number of carbonyl (C=O) groups is 1. The molecule has 1 aliphatic rings. The summed E-state index contributed by atoms with van der Waals surface area (Å²) >= 11 is 1.31. The molecular weight excluding hydrogens is 272 g/mol. The van der Waals surface area contributed by atoms with Crippen LogP contribution in [0.2, 0.25) is 0 Å². The first kappa shape index (κ1) is 13.5. The molecule has 4 nitrogen and oxygen atoms in total. The van der Waals surface area contributed by atoms with E-state index in [-0.39, 0.29) is 5.75 Å². The fourth-order valence-electron chi connectivity index (χ4n) is 2.45. The second-order valence-corrected chi connectivity index (χ2v) is 6.25. The lowest BCUT2D eigenvalue weighted by Gasteiger charge is -2.07. The number of hydrogen-bond donors (Lipinski definition) is 1. The quantitative estimate of drug-likeness (QED) is 0.794. The Bertz CT molecular complexity index is 619. The van der Waals surface area contributed by atoms with E-state index in [4.69, 9.17) is 5.11 Å². The lowest BCUT2D eigenvalue weighted by Crippen LogP contribution is -2.03. The third kappa shape index (κ3) is 3.15. The first-order chi connectivity index (χ1) is 9.74. The largest absolute Gasteiger partial charge is 0.481 e. The van der Waals surface area contributed by atoms with Crippen molar-refractivity contribution in [2.24, 2.45) is 5.92 Å². The fraction of sp³-hybridized carbons (Fsp3) is 0.467. The summed E-state index contributed by atoms with van der Waals surface area (Å²) in [6.45, 7) is 0.930. The fourth-order valence-corrected chi connectivity index (χ4v) is 3.21. The molecule has 1 N–H and O–H groups in total. The minimum atomic E-state index is -0.799. The Balaban J connectivity index is 1.79. The van der Waals surface area contributed by atoms with Gasteiger partial charge in [0, 0.05) is 6.54 Å². The van der Waals surface area contributed by atoms with Gasteiger partial charge in [0.05, 0.1) is 16.8 Å². The summed E-state index contributed by atoms with van der Waals surface area (Å²) in [5, 5.41) is 9.66. The van der Waals surface area contributed by atoms with Crippen LogP contribution in [0.25, 0.3) is 11.0 Å². The number of para-hydroxylation sites is 2. The van der Waals surface area contributed by atoms with Gasteiger partial charge in [0.15, 0.2) is 5.16 Å². The molecule has 0 radical (unpaired) electrons. The van der Waals surface area contributed by atoms with Crippen LogP contribution in [0, 0.1) is 5.92 Å². The van der Waals surface area contributed by atoms with Crippen LogP contribution in [0.5, 0.6) is 0 Å². The number of rotatable bonds is 7. The summed E-state index contributed by atoms with van der Waals surface area (Å²) in [5.41, 5.74) is 2.06. The van der Waals surface area contributed by atoms with Gasteiger partial charge < -0.3 is 9.67 Å². The van der Waals surface area contributed by atoms with E-state index in [1.54, 1.807) is 0 Å². The maximum Gasteiger partial charge on any atom is 0.313 e. The van der Waals surface area contributed by atoms with E-state index in [0.29, 0.717) is 0 Å². The molecule has 0 bridgehead atoms. The lowest BCUT2D eigenvalue weighted by molar-refractivity contribution is -0.133. The van der Waals surface area contributed by atoms with Gasteiger partial charge in [-0.1, -0.05) is 36.7 Å². The topological polar surface area (TPSA) is 55.1 Å². The average molecular weight is 290 g/mol. The van der Waals surface area contributed by atoms with Crippen LogP contribution in [-0.4, -0.2) is 26.4 Å². The van der Waals surface area contributed by atoms with E-state index in [2.05, 4.69) is 15.6 Å². The minimum Gasteiger partial charge on any atom is -0.481 e. The second-order valence-electron chi connectivity index (χ2n) is 5.30. The van der Waals surface area contributed by atoms with Crippen LogP contribution >= 0.6 is 11.8 Å². The number of carboxylic acid groups (broad SMARTS) is 1. The number of aromatic nitrogens is 2. The Hall–Kier alpha value is -1.49. The Kier molecular flexibility index (Phi) is 3.96. The molecule has 0 amide bonds. The van der Waals surface area contributed by atoms with Gasteiger partial charge in [0.2, 0.25) is 0 Å². The summed E-state index contributed by atoms with van der Waals surface area (Å²) in [6, 6.07) is 8.02. The number of thioether (sulfide) groups is 1. The van der Waals surface area contributed by atoms with Gasteiger partial charge in [-0.2, -0.15) is 0 Å². The number of aliphatic carboxylic acids is 1. The molecule has 5 heteroatoms. The molecule has 3 rings (SSSR count). The molecule has 1 saturated carbocycles. The predicted octanol–water partition coefficient (Wildman–Crippen LogP) is 3.40. The number of carboxylic acids is 1. The maximum atomic E-state index is 10.8. The van der Waals surface area contributed by atoms with E-state index in [0.717, 1.165) is 35.1 Å². The van der Waals surface area contributed by atoms with Gasteiger partial charge in [-0.25, -0.2) is 4.98 Å². The number of fused-ring (bicyclic) bond motifs is 1. The zero-order valence-corrected chi connectivity index (χ0v) is 12.1. The van der Waals surface area contributed by atoms with Crippen molar-refractivity contribution < 1.29 is 9.90 Å². The van der Waals surface area contributed by atoms with Crippen LogP contribution in [0.3, 0.4) is 0 Å². The highest BCUT2D eigenvalue weighted by molar-refractivity contribution is 7.99. The van der Waals surface area contributed by atoms with E-state index in [1.807, 2.05) is 18.2 Å². The van der Waals surface area contributed by atoms with E-state index < -0.39 is 5.97 Å². The summed E-state index contributed by atoms with van der Waals surface area (Å²) < 4.78 is 2.17. The highest BCUT2D eigenvalue weighted by atomic mass is 32.2. The summed E-state index contributed by atoms with van der Waals surface area (Å²) in [5.74, 6) is 0.192. The standard InChI is InChI=1S/C15H18N2O2S/c18-14(19)10-20-15-16-12-5-1-2-6-13(12)17(15)9-3-4-11-7-8-11/h1-2,5-6,11H,3-4,7-10H2,(H,18,19). The Morgan fingerprint density at radius 1 is 1.40 bits per heavy atom. The molecule has 0 atom stereocenters. The number of hydrogen-bond acceptors (Lipinski definition) is 3. The van der Waals surface area contributed by atoms with Gasteiger partial charge in [-0.05, 0) is 30.9 Å². The van der Waals surface area contributed by atoms with E-state index >= 15 is 0 Å². The number of imidazole rings is 1. The Labute approximate surface area is 122 Å². The van der Waals surface area contributed by atoms with Crippen molar-refractivity contribution in [2.45, 2.75) is 37.4 Å². The molecule has 0 aliphatic heterocycles. The normalized spacial score (nSPS) is 14.8. The molecule has 1 aromatic heterocycles. The predicted molar refractivity (Wildman–Crippen MR) is 80.1 cm³/mol. The molecule has 1 fully saturated rings. The van der Waals surface area contributed by atoms with Crippen LogP contribution in [-0.2, 0) is 11.3 Å². The zero-order chi connectivity index (χ0) is 13.9. The summed E-state index contributed by atoms with van der Waals surface area (Å²) in [4.78, 5) is 15.3. The van der Waals surface area contributed by atoms with Crippen molar-refractivity contribution in [3.63, 3.8) is 0 Å². The summed E-state index contributed by atoms with van der Waals surface area (Å²) in [6.07, 6.45) is 5.18. The van der Waals surface area contributed by atoms with Crippen molar-refractivity contribution in [1.29, 1.82) is 0 Å². The smallest absolute Gasteiger partial charge is 0.313 e. The van der Waals surface area contributed by atoms with Gasteiger partial charge >= 0.3 is 5.97 Å². The molecule has 106 valence electrons. The van der Waals surface area contributed by atoms with Crippen molar-refractivity contribution in [3.8, 4) is 0 Å². The van der Waals surface area contributed by atoms with E-state index in [9.17, 15) is 4.79 Å². The third-order valence-corrected chi connectivity index (χ3v) is 4.60. The molecule has 20 heavy (non-hydrogen) atoms. The van der Waals surface area contributed by atoms with Crippen molar-refractivity contribution >= 4 is 28.8 Å². The van der Waals surface area contributed by atoms with Crippen LogP contribution in [0.4, 0.5) is 0 Å². The van der Waals surface area contributed by atoms with Crippen LogP contribution in [0.1, 0.15) is 25.7 Å². The highest BCUT2D eigenvalue weighted by Crippen LogP contribution is 2.34. The lowest BCUT2D eigenvalue weighted by atomic mass is 10.2. The van der Waals surface area contributed by atoms with Crippen LogP contribution in [0.15, 0.2) is 29.4 Å². The average Bonchev–Trinajstić information content (AvgIpc) is 3.18. The molecular formula is C15H18N2O2S.